The first-order valence-corrected chi connectivity index (χ1v) is 19.8. The molecule has 2 atom stereocenters. The average Bonchev–Trinajstić information content (AvgIpc) is 2.97. The summed E-state index contributed by atoms with van der Waals surface area (Å²) in [7, 11) is -4.61. The predicted molar refractivity (Wildman–Crippen MR) is 179 cm³/mol. The fourth-order valence-corrected chi connectivity index (χ4v) is 6.35. The first-order chi connectivity index (χ1) is 21.7. The van der Waals surface area contributed by atoms with Gasteiger partial charge in [-0.25, -0.2) is 0 Å². The van der Waals surface area contributed by atoms with Gasteiger partial charge in [-0.3, -0.25) is 14.2 Å². The van der Waals surface area contributed by atoms with Gasteiger partial charge in [0.15, 0.2) is 6.10 Å². The lowest BCUT2D eigenvalue weighted by Crippen LogP contribution is -2.30. The van der Waals surface area contributed by atoms with Crippen molar-refractivity contribution in [1.29, 1.82) is 0 Å². The summed E-state index contributed by atoms with van der Waals surface area (Å²) in [4.78, 5) is 36.7. The zero-order valence-electron chi connectivity index (χ0n) is 28.8. The van der Waals surface area contributed by atoms with Gasteiger partial charge in [-0.2, -0.15) is 0 Å². The molecule has 0 saturated heterocycles. The molecule has 1 aliphatic rings. The Labute approximate surface area is 275 Å². The van der Waals surface area contributed by atoms with Gasteiger partial charge in [-0.1, -0.05) is 142 Å². The van der Waals surface area contributed by atoms with Gasteiger partial charge in [0.2, 0.25) is 0 Å². The van der Waals surface area contributed by atoms with Gasteiger partial charge in [0, 0.05) is 19.4 Å². The molecule has 0 aromatic carbocycles. The molecule has 0 heterocycles. The van der Waals surface area contributed by atoms with E-state index in [1.807, 2.05) is 0 Å². The third kappa shape index (κ3) is 26.7. The van der Waals surface area contributed by atoms with Gasteiger partial charge in [-0.15, -0.1) is 0 Å². The van der Waals surface area contributed by atoms with Crippen LogP contribution in [0.25, 0.3) is 0 Å². The van der Waals surface area contributed by atoms with Crippen molar-refractivity contribution in [3.05, 3.63) is 0 Å². The highest BCUT2D eigenvalue weighted by Gasteiger charge is 2.21. The summed E-state index contributed by atoms with van der Waals surface area (Å²) in [5.41, 5.74) is 5.30. The summed E-state index contributed by atoms with van der Waals surface area (Å²) in [6.07, 6.45) is 26.0. The van der Waals surface area contributed by atoms with E-state index in [9.17, 15) is 19.0 Å². The number of hydrogen-bond acceptors (Lipinski definition) is 9. The molecule has 0 aromatic rings. The lowest BCUT2D eigenvalue weighted by molar-refractivity contribution is -0.228. The van der Waals surface area contributed by atoms with Crippen molar-refractivity contribution in [2.24, 2.45) is 17.6 Å². The molecule has 0 radical (unpaired) electrons. The SMILES string of the molecule is CC(C)CCCCCCCCCCCC(=O)OC[C@@H](COP(=O)([O-])OCCN)OC(=O)CCCCCCCCCCC1CCC1. The van der Waals surface area contributed by atoms with E-state index in [4.69, 9.17) is 19.7 Å². The van der Waals surface area contributed by atoms with E-state index in [0.717, 1.165) is 43.9 Å². The van der Waals surface area contributed by atoms with E-state index in [-0.39, 0.29) is 32.6 Å². The second-order valence-corrected chi connectivity index (χ2v) is 14.8. The van der Waals surface area contributed by atoms with Crippen molar-refractivity contribution in [3.63, 3.8) is 0 Å². The third-order valence-electron chi connectivity index (χ3n) is 8.64. The van der Waals surface area contributed by atoms with E-state index in [2.05, 4.69) is 18.4 Å². The summed E-state index contributed by atoms with van der Waals surface area (Å²) >= 11 is 0. The van der Waals surface area contributed by atoms with E-state index < -0.39 is 32.5 Å². The van der Waals surface area contributed by atoms with E-state index in [0.29, 0.717) is 6.42 Å². The largest absolute Gasteiger partial charge is 0.756 e. The Bertz CT molecular complexity index is 777. The minimum absolute atomic E-state index is 0.0183. The molecule has 0 amide bonds. The Morgan fingerprint density at radius 1 is 0.733 bits per heavy atom. The highest BCUT2D eigenvalue weighted by molar-refractivity contribution is 7.45. The van der Waals surface area contributed by atoms with Crippen molar-refractivity contribution in [3.8, 4) is 0 Å². The standard InChI is InChI=1S/C35H68NO8P/c1-31(2)21-16-12-8-4-3-5-10-14-18-25-34(37)41-29-33(30-43-45(39,40)42-28-27-36)44-35(38)26-19-15-11-7-6-9-13-17-22-32-23-20-24-32/h31-33H,3-30,36H2,1-2H3,(H,39,40)/p-1/t33-/m0/s1. The first-order valence-electron chi connectivity index (χ1n) is 18.4. The van der Waals surface area contributed by atoms with Gasteiger partial charge in [0.1, 0.15) is 6.61 Å². The molecule has 266 valence electrons. The van der Waals surface area contributed by atoms with E-state index in [1.54, 1.807) is 0 Å². The molecule has 45 heavy (non-hydrogen) atoms. The zero-order valence-corrected chi connectivity index (χ0v) is 29.7. The number of phosphoric acid groups is 1. The maximum Gasteiger partial charge on any atom is 0.306 e. The lowest BCUT2D eigenvalue weighted by atomic mass is 9.81. The molecule has 9 nitrogen and oxygen atoms in total. The molecule has 1 rings (SSSR count). The number of hydrogen-bond donors (Lipinski definition) is 1. The molecule has 1 fully saturated rings. The van der Waals surface area contributed by atoms with Crippen molar-refractivity contribution < 1.29 is 37.6 Å². The van der Waals surface area contributed by atoms with E-state index >= 15 is 0 Å². The minimum atomic E-state index is -4.61. The van der Waals surface area contributed by atoms with Crippen molar-refractivity contribution in [1.82, 2.24) is 0 Å². The van der Waals surface area contributed by atoms with Crippen LogP contribution in [0.4, 0.5) is 0 Å². The predicted octanol–water partition coefficient (Wildman–Crippen LogP) is 8.55. The molecule has 0 bridgehead atoms. The molecule has 0 aliphatic heterocycles. The molecule has 1 aliphatic carbocycles. The number of ether oxygens (including phenoxy) is 2. The van der Waals surface area contributed by atoms with Crippen LogP contribution < -0.4 is 10.6 Å². The van der Waals surface area contributed by atoms with Crippen LogP contribution in [0.1, 0.15) is 168 Å². The van der Waals surface area contributed by atoms with Crippen LogP contribution in [0.15, 0.2) is 0 Å². The van der Waals surface area contributed by atoms with E-state index in [1.165, 1.54) is 103 Å². The van der Waals surface area contributed by atoms with Gasteiger partial charge in [0.25, 0.3) is 7.82 Å². The molecular formula is C35H67NO8P-. The summed E-state index contributed by atoms with van der Waals surface area (Å²) in [5.74, 6) is 0.937. The van der Waals surface area contributed by atoms with Gasteiger partial charge < -0.3 is 29.1 Å². The molecule has 2 N–H and O–H groups in total. The van der Waals surface area contributed by atoms with Crippen LogP contribution in [0.3, 0.4) is 0 Å². The maximum atomic E-state index is 12.5. The second kappa shape index (κ2) is 28.1. The summed E-state index contributed by atoms with van der Waals surface area (Å²) in [5, 5.41) is 0. The van der Waals surface area contributed by atoms with Crippen LogP contribution in [0, 0.1) is 11.8 Å². The fraction of sp³-hybridized carbons (Fsp3) is 0.943. The Hall–Kier alpha value is -0.990. The molecular weight excluding hydrogens is 593 g/mol. The number of nitrogens with two attached hydrogens (primary N) is 1. The summed E-state index contributed by atoms with van der Waals surface area (Å²) in [6, 6.07) is 0. The number of carbonyl (C=O) groups is 2. The Balaban J connectivity index is 2.21. The van der Waals surface area contributed by atoms with Crippen molar-refractivity contribution in [2.45, 2.75) is 174 Å². The number of unbranched alkanes of at least 4 members (excludes halogenated alkanes) is 15. The van der Waals surface area contributed by atoms with Crippen molar-refractivity contribution >= 4 is 19.8 Å². The molecule has 1 saturated carbocycles. The first kappa shape index (κ1) is 42.0. The fourth-order valence-electron chi connectivity index (χ4n) is 5.60. The topological polar surface area (TPSA) is 137 Å². The Morgan fingerprint density at radius 3 is 1.76 bits per heavy atom. The lowest BCUT2D eigenvalue weighted by Gasteiger charge is -2.25. The van der Waals surface area contributed by atoms with Crippen molar-refractivity contribution in [2.75, 3.05) is 26.4 Å². The summed E-state index contributed by atoms with van der Waals surface area (Å²) in [6.45, 7) is 3.60. The van der Waals surface area contributed by atoms with Crippen LogP contribution in [-0.4, -0.2) is 44.4 Å². The molecule has 0 aromatic heterocycles. The maximum absolute atomic E-state index is 12.5. The molecule has 1 unspecified atom stereocenters. The third-order valence-corrected chi connectivity index (χ3v) is 9.61. The van der Waals surface area contributed by atoms with Gasteiger partial charge in [0.05, 0.1) is 13.2 Å². The number of esters is 2. The van der Waals surface area contributed by atoms with Gasteiger partial charge in [-0.05, 0) is 24.7 Å². The molecule has 10 heteroatoms. The number of rotatable bonds is 32. The van der Waals surface area contributed by atoms with Crippen LogP contribution in [0.5, 0.6) is 0 Å². The summed E-state index contributed by atoms with van der Waals surface area (Å²) < 4.78 is 32.2. The number of phosphoric ester groups is 1. The van der Waals surface area contributed by atoms with Crippen LogP contribution >= 0.6 is 7.82 Å². The normalized spacial score (nSPS) is 15.5. The van der Waals surface area contributed by atoms with Gasteiger partial charge >= 0.3 is 11.9 Å². The quantitative estimate of drug-likeness (QED) is 0.0427. The van der Waals surface area contributed by atoms with Crippen LogP contribution in [0.2, 0.25) is 0 Å². The Kier molecular flexibility index (Phi) is 26.2. The average molecular weight is 661 g/mol. The monoisotopic (exact) mass is 660 g/mol. The molecule has 0 spiro atoms. The Morgan fingerprint density at radius 2 is 1.24 bits per heavy atom. The smallest absolute Gasteiger partial charge is 0.306 e. The number of carbonyl (C=O) groups excluding carboxylic acids is 2. The second-order valence-electron chi connectivity index (χ2n) is 13.4. The zero-order chi connectivity index (χ0) is 33.0. The highest BCUT2D eigenvalue weighted by atomic mass is 31.2. The van der Waals surface area contributed by atoms with Crippen LogP contribution in [-0.2, 0) is 32.7 Å². The highest BCUT2D eigenvalue weighted by Crippen LogP contribution is 2.38. The minimum Gasteiger partial charge on any atom is -0.756 e.